The Hall–Kier alpha value is -2.78. The lowest BCUT2D eigenvalue weighted by atomic mass is 9.93. The van der Waals surface area contributed by atoms with Gasteiger partial charge in [0.05, 0.1) is 30.1 Å². The summed E-state index contributed by atoms with van der Waals surface area (Å²) in [7, 11) is 5.81. The predicted octanol–water partition coefficient (Wildman–Crippen LogP) is 1.73. The van der Waals surface area contributed by atoms with Gasteiger partial charge in [-0.3, -0.25) is 0 Å². The van der Waals surface area contributed by atoms with Gasteiger partial charge in [0.2, 0.25) is 0 Å². The van der Waals surface area contributed by atoms with Crippen molar-refractivity contribution < 1.29 is 14.2 Å². The SMILES string of the molecule is [B]c1cc(Cl)c(O)c(-c2ccnc(-c3ncc(F)c(N4CCOCC4)n3)n2)c1. The van der Waals surface area contributed by atoms with E-state index in [1.54, 1.807) is 17.0 Å². The van der Waals surface area contributed by atoms with Crippen LogP contribution in [0.4, 0.5) is 10.2 Å². The summed E-state index contributed by atoms with van der Waals surface area (Å²) < 4.78 is 19.5. The summed E-state index contributed by atoms with van der Waals surface area (Å²) in [4.78, 5) is 18.7. The highest BCUT2D eigenvalue weighted by Crippen LogP contribution is 2.33. The van der Waals surface area contributed by atoms with E-state index >= 15 is 0 Å². The molecular weight excluding hydrogens is 383 g/mol. The Morgan fingerprint density at radius 1 is 1.14 bits per heavy atom. The van der Waals surface area contributed by atoms with E-state index in [9.17, 15) is 9.50 Å². The van der Waals surface area contributed by atoms with Gasteiger partial charge in [-0.25, -0.2) is 24.3 Å². The molecule has 0 spiro atoms. The molecule has 0 bridgehead atoms. The van der Waals surface area contributed by atoms with Crippen molar-refractivity contribution >= 4 is 30.7 Å². The molecule has 1 N–H and O–H groups in total. The number of ether oxygens (including phenoxy) is 1. The number of anilines is 1. The summed E-state index contributed by atoms with van der Waals surface area (Å²) in [6.45, 7) is 2.06. The van der Waals surface area contributed by atoms with E-state index in [0.717, 1.165) is 6.20 Å². The first-order chi connectivity index (χ1) is 13.5. The third-order valence-corrected chi connectivity index (χ3v) is 4.54. The molecular formula is C18H14BClFN5O2. The topological polar surface area (TPSA) is 84.3 Å². The lowest BCUT2D eigenvalue weighted by Crippen LogP contribution is -2.37. The summed E-state index contributed by atoms with van der Waals surface area (Å²) in [5, 5.41) is 10.4. The molecule has 0 unspecified atom stereocenters. The molecule has 4 rings (SSSR count). The summed E-state index contributed by atoms with van der Waals surface area (Å²) in [5.41, 5.74) is 1.12. The van der Waals surface area contributed by atoms with E-state index in [4.69, 9.17) is 24.2 Å². The van der Waals surface area contributed by atoms with Crippen LogP contribution in [-0.2, 0) is 4.74 Å². The fourth-order valence-corrected chi connectivity index (χ4v) is 3.12. The Labute approximate surface area is 166 Å². The third-order valence-electron chi connectivity index (χ3n) is 4.25. The van der Waals surface area contributed by atoms with E-state index in [2.05, 4.69) is 19.9 Å². The van der Waals surface area contributed by atoms with Crippen LogP contribution in [-0.4, -0.2) is 59.2 Å². The van der Waals surface area contributed by atoms with Crippen molar-refractivity contribution in [3.63, 3.8) is 0 Å². The molecule has 1 aliphatic rings. The minimum atomic E-state index is -0.526. The summed E-state index contributed by atoms with van der Waals surface area (Å²) in [6.07, 6.45) is 2.59. The Morgan fingerprint density at radius 2 is 1.89 bits per heavy atom. The molecule has 0 amide bonds. The molecule has 0 saturated carbocycles. The number of halogens is 2. The number of benzene rings is 1. The van der Waals surface area contributed by atoms with Gasteiger partial charge in [-0.2, -0.15) is 0 Å². The maximum atomic E-state index is 14.2. The Bertz CT molecular complexity index is 1030. The lowest BCUT2D eigenvalue weighted by Gasteiger charge is -2.27. The van der Waals surface area contributed by atoms with Crippen LogP contribution in [0.1, 0.15) is 0 Å². The van der Waals surface area contributed by atoms with E-state index in [1.165, 1.54) is 12.3 Å². The molecule has 28 heavy (non-hydrogen) atoms. The zero-order valence-corrected chi connectivity index (χ0v) is 15.4. The second-order valence-electron chi connectivity index (χ2n) is 6.13. The van der Waals surface area contributed by atoms with Crippen LogP contribution in [0, 0.1) is 5.82 Å². The zero-order chi connectivity index (χ0) is 19.7. The molecule has 0 atom stereocenters. The number of morpholine rings is 1. The summed E-state index contributed by atoms with van der Waals surface area (Å²) >= 11 is 5.99. The highest BCUT2D eigenvalue weighted by molar-refractivity contribution is 6.37. The van der Waals surface area contributed by atoms with Crippen LogP contribution in [0.5, 0.6) is 5.75 Å². The van der Waals surface area contributed by atoms with Crippen LogP contribution >= 0.6 is 11.6 Å². The number of aromatic nitrogens is 4. The smallest absolute Gasteiger partial charge is 0.199 e. The van der Waals surface area contributed by atoms with Gasteiger partial charge >= 0.3 is 0 Å². The number of hydrogen-bond donors (Lipinski definition) is 1. The molecule has 1 saturated heterocycles. The molecule has 3 aromatic rings. The lowest BCUT2D eigenvalue weighted by molar-refractivity contribution is 0.122. The van der Waals surface area contributed by atoms with Gasteiger partial charge in [0, 0.05) is 24.8 Å². The zero-order valence-electron chi connectivity index (χ0n) is 14.6. The number of hydrogen-bond acceptors (Lipinski definition) is 7. The van der Waals surface area contributed by atoms with Crippen molar-refractivity contribution in [1.29, 1.82) is 0 Å². The van der Waals surface area contributed by atoms with Crippen molar-refractivity contribution in [3.8, 4) is 28.7 Å². The molecule has 2 radical (unpaired) electrons. The average Bonchev–Trinajstić information content (AvgIpc) is 2.72. The minimum absolute atomic E-state index is 0.114. The van der Waals surface area contributed by atoms with E-state index < -0.39 is 5.82 Å². The van der Waals surface area contributed by atoms with E-state index in [0.29, 0.717) is 43.0 Å². The third kappa shape index (κ3) is 3.63. The first-order valence-electron chi connectivity index (χ1n) is 8.50. The second kappa shape index (κ2) is 7.69. The highest BCUT2D eigenvalue weighted by Gasteiger charge is 2.20. The molecule has 1 fully saturated rings. The van der Waals surface area contributed by atoms with Crippen molar-refractivity contribution in [2.24, 2.45) is 0 Å². The quantitative estimate of drug-likeness (QED) is 0.674. The normalized spacial score (nSPS) is 14.3. The van der Waals surface area contributed by atoms with Crippen LogP contribution in [0.2, 0.25) is 5.02 Å². The number of phenols is 1. The molecule has 1 aromatic carbocycles. The Balaban J connectivity index is 1.74. The molecule has 140 valence electrons. The molecule has 1 aliphatic heterocycles. The van der Waals surface area contributed by atoms with E-state index in [-0.39, 0.29) is 28.2 Å². The largest absolute Gasteiger partial charge is 0.506 e. The molecule has 3 heterocycles. The van der Waals surface area contributed by atoms with Gasteiger partial charge in [-0.15, -0.1) is 0 Å². The summed E-state index contributed by atoms with van der Waals surface area (Å²) in [5.74, 6) is -0.141. The molecule has 2 aromatic heterocycles. The number of rotatable bonds is 3. The fourth-order valence-electron chi connectivity index (χ4n) is 2.89. The fraction of sp³-hybridized carbons (Fsp3) is 0.222. The van der Waals surface area contributed by atoms with Crippen LogP contribution in [0.3, 0.4) is 0 Å². The van der Waals surface area contributed by atoms with Crippen LogP contribution in [0.25, 0.3) is 22.9 Å². The molecule has 10 heteroatoms. The number of nitrogens with zero attached hydrogens (tertiary/aromatic N) is 5. The van der Waals surface area contributed by atoms with Gasteiger partial charge in [0.15, 0.2) is 23.3 Å². The number of phenolic OH excluding ortho intramolecular Hbond substituents is 1. The highest BCUT2D eigenvalue weighted by atomic mass is 35.5. The Kier molecular flexibility index (Phi) is 5.10. The standard InChI is InChI=1S/C18H14BClFN5O2/c19-10-7-11(15(27)12(20)8-10)14-1-2-22-16(24-14)17-23-9-13(21)18(25-17)26-3-5-28-6-4-26/h1-2,7-9,27H,3-6H2. The van der Waals surface area contributed by atoms with Gasteiger partial charge in [0.25, 0.3) is 0 Å². The van der Waals surface area contributed by atoms with Crippen molar-refractivity contribution in [2.75, 3.05) is 31.2 Å². The van der Waals surface area contributed by atoms with Gasteiger partial charge in [-0.05, 0) is 12.1 Å². The van der Waals surface area contributed by atoms with Crippen LogP contribution in [0.15, 0.2) is 30.6 Å². The molecule has 7 nitrogen and oxygen atoms in total. The summed E-state index contributed by atoms with van der Waals surface area (Å²) in [6, 6.07) is 4.60. The van der Waals surface area contributed by atoms with Gasteiger partial charge in [0.1, 0.15) is 13.6 Å². The number of aromatic hydroxyl groups is 1. The van der Waals surface area contributed by atoms with Crippen molar-refractivity contribution in [2.45, 2.75) is 0 Å². The first kappa shape index (κ1) is 18.6. The van der Waals surface area contributed by atoms with E-state index in [1.807, 2.05) is 0 Å². The van der Waals surface area contributed by atoms with Crippen molar-refractivity contribution in [1.82, 2.24) is 19.9 Å². The monoisotopic (exact) mass is 397 g/mol. The second-order valence-corrected chi connectivity index (χ2v) is 6.54. The Morgan fingerprint density at radius 3 is 2.68 bits per heavy atom. The first-order valence-corrected chi connectivity index (χ1v) is 8.88. The maximum Gasteiger partial charge on any atom is 0.199 e. The maximum absolute atomic E-state index is 14.2. The predicted molar refractivity (Wildman–Crippen MR) is 104 cm³/mol. The van der Waals surface area contributed by atoms with Gasteiger partial charge in [-0.1, -0.05) is 23.1 Å². The molecule has 0 aliphatic carbocycles. The van der Waals surface area contributed by atoms with Crippen molar-refractivity contribution in [3.05, 3.63) is 41.4 Å². The minimum Gasteiger partial charge on any atom is -0.506 e. The average molecular weight is 398 g/mol. The van der Waals surface area contributed by atoms with Gasteiger partial charge < -0.3 is 14.7 Å². The van der Waals surface area contributed by atoms with Crippen LogP contribution < -0.4 is 10.4 Å².